The average molecular weight is 671 g/mol. The number of hydrogen-bond acceptors (Lipinski definition) is 13. The molecule has 0 bridgehead atoms. The fourth-order valence-electron chi connectivity index (χ4n) is 5.17. The summed E-state index contributed by atoms with van der Waals surface area (Å²) in [6.07, 6.45) is 4.05. The van der Waals surface area contributed by atoms with Crippen molar-refractivity contribution >= 4 is 40.0 Å². The third-order valence-corrected chi connectivity index (χ3v) is 7.67. The van der Waals surface area contributed by atoms with Crippen molar-refractivity contribution in [2.45, 2.75) is 66.2 Å². The van der Waals surface area contributed by atoms with E-state index in [0.29, 0.717) is 45.7 Å². The minimum Gasteiger partial charge on any atom is -0.258 e. The Morgan fingerprint density at radius 1 is 0.760 bits per heavy atom. The maximum Gasteiger partial charge on any atom is 0.252 e. The molecule has 0 aliphatic heterocycles. The molecular formula is C30H30N20. The molecule has 0 amide bonds. The molecule has 7 aromatic heterocycles. The number of rotatable bonds is 6. The summed E-state index contributed by atoms with van der Waals surface area (Å²) in [5, 5.41) is 60.5. The zero-order valence-corrected chi connectivity index (χ0v) is 28.4. The van der Waals surface area contributed by atoms with Gasteiger partial charge in [-0.1, -0.05) is 41.5 Å². The molecule has 0 unspecified atom stereocenters. The summed E-state index contributed by atoms with van der Waals surface area (Å²) in [7, 11) is 0. The Labute approximate surface area is 283 Å². The Balaban J connectivity index is 1.30. The largest absolute Gasteiger partial charge is 0.258 e. The predicted octanol–water partition coefficient (Wildman–Crippen LogP) is 6.05. The number of H-pyrrole nitrogens is 2. The topological polar surface area (TPSA) is 231 Å². The highest BCUT2D eigenvalue weighted by molar-refractivity contribution is 5.70. The fraction of sp³-hybridized carbons (Fsp3) is 0.333. The van der Waals surface area contributed by atoms with Gasteiger partial charge in [0.05, 0.1) is 30.4 Å². The second-order valence-electron chi connectivity index (χ2n) is 13.4. The van der Waals surface area contributed by atoms with Crippen LogP contribution < -0.4 is 0 Å². The van der Waals surface area contributed by atoms with Gasteiger partial charge >= 0.3 is 0 Å². The van der Waals surface area contributed by atoms with Crippen molar-refractivity contribution in [1.82, 2.24) is 69.2 Å². The molecule has 0 atom stereocenters. The van der Waals surface area contributed by atoms with E-state index in [-0.39, 0.29) is 45.4 Å². The lowest BCUT2D eigenvalue weighted by molar-refractivity contribution is 0.561. The van der Waals surface area contributed by atoms with Gasteiger partial charge in [-0.05, 0) is 13.8 Å². The molecule has 0 aliphatic rings. The lowest BCUT2D eigenvalue weighted by Crippen LogP contribution is -2.12. The van der Waals surface area contributed by atoms with E-state index in [1.54, 1.807) is 15.1 Å². The Kier molecular flexibility index (Phi) is 7.17. The van der Waals surface area contributed by atoms with Crippen molar-refractivity contribution in [2.75, 3.05) is 0 Å². The molecule has 0 fully saturated rings. The van der Waals surface area contributed by atoms with Crippen molar-refractivity contribution in [3.8, 4) is 17.7 Å². The van der Waals surface area contributed by atoms with Crippen LogP contribution in [0, 0.1) is 31.8 Å². The number of aromatic amines is 2. The quantitative estimate of drug-likeness (QED) is 0.154. The first-order valence-electron chi connectivity index (χ1n) is 15.3. The van der Waals surface area contributed by atoms with Crippen LogP contribution in [0.2, 0.25) is 0 Å². The van der Waals surface area contributed by atoms with E-state index >= 15 is 0 Å². The number of azo groups is 2. The zero-order valence-electron chi connectivity index (χ0n) is 28.4. The van der Waals surface area contributed by atoms with Gasteiger partial charge in [-0.3, -0.25) is 10.2 Å². The Hall–Kier alpha value is -6.96. The summed E-state index contributed by atoms with van der Waals surface area (Å²) in [5.74, 6) is 2.09. The molecule has 7 heterocycles. The lowest BCUT2D eigenvalue weighted by Gasteiger charge is -2.15. The summed E-state index contributed by atoms with van der Waals surface area (Å²) in [5.41, 5.74) is 3.05. The van der Waals surface area contributed by atoms with Gasteiger partial charge in [0, 0.05) is 16.9 Å². The van der Waals surface area contributed by atoms with Gasteiger partial charge in [0.25, 0.3) is 5.69 Å². The number of aryl methyl sites for hydroxylation is 2. The monoisotopic (exact) mass is 670 g/mol. The smallest absolute Gasteiger partial charge is 0.252 e. The van der Waals surface area contributed by atoms with Crippen molar-refractivity contribution in [1.29, 1.82) is 5.26 Å². The minimum absolute atomic E-state index is 0.129. The minimum atomic E-state index is -0.369. The van der Waals surface area contributed by atoms with Crippen LogP contribution >= 0.6 is 0 Å². The first-order chi connectivity index (χ1) is 23.8. The van der Waals surface area contributed by atoms with Crippen LogP contribution in [0.3, 0.4) is 0 Å². The highest BCUT2D eigenvalue weighted by Crippen LogP contribution is 2.38. The summed E-state index contributed by atoms with van der Waals surface area (Å²) in [6.45, 7) is 23.5. The average Bonchev–Trinajstić information content (AvgIpc) is 3.91. The summed E-state index contributed by atoms with van der Waals surface area (Å²) >= 11 is 0. The third-order valence-electron chi connectivity index (χ3n) is 7.67. The van der Waals surface area contributed by atoms with E-state index in [4.69, 9.17) is 16.8 Å². The maximum atomic E-state index is 9.92. The predicted molar refractivity (Wildman–Crippen MR) is 177 cm³/mol. The van der Waals surface area contributed by atoms with E-state index in [2.05, 4.69) is 71.9 Å². The highest BCUT2D eigenvalue weighted by Gasteiger charge is 2.28. The van der Waals surface area contributed by atoms with Crippen LogP contribution in [0.5, 0.6) is 0 Å². The van der Waals surface area contributed by atoms with E-state index in [9.17, 15) is 5.26 Å². The van der Waals surface area contributed by atoms with Gasteiger partial charge in [-0.2, -0.15) is 49.6 Å². The molecule has 0 saturated heterocycles. The molecule has 0 aliphatic carbocycles. The standard InChI is InChI=1S/C30H30N20/c1-15-37-43-27-21(23(29(3,4)5)45-47(15)27)39-41-25-17(11-31)12-35-49(25)19-10-20(34-14-33-19)50-26(18(32-9)13-36-50)42-40-22-24(30(6,7)8)46-48-16(2)38-44-28(22)48/h10,12-14,43-44H,1-8H3/b41-39+,42-40+. The molecule has 0 saturated carbocycles. The van der Waals surface area contributed by atoms with Crippen molar-refractivity contribution in [3.63, 3.8) is 0 Å². The third kappa shape index (κ3) is 5.15. The molecule has 0 aromatic carbocycles. The summed E-state index contributed by atoms with van der Waals surface area (Å²) in [6, 6.07) is 3.68. The normalized spacial score (nSPS) is 12.6. The highest BCUT2D eigenvalue weighted by atomic mass is 15.4. The number of hydrogen-bond donors (Lipinski definition) is 2. The van der Waals surface area contributed by atoms with Crippen LogP contribution in [0.25, 0.3) is 27.8 Å². The number of nitrogens with one attached hydrogen (secondary N) is 2. The van der Waals surface area contributed by atoms with Gasteiger partial charge in [0.1, 0.15) is 29.6 Å². The molecule has 20 nitrogen and oxygen atoms in total. The Morgan fingerprint density at radius 3 is 1.76 bits per heavy atom. The van der Waals surface area contributed by atoms with Crippen molar-refractivity contribution < 1.29 is 0 Å². The number of fused-ring (bicyclic) bond motifs is 2. The van der Waals surface area contributed by atoms with E-state index < -0.39 is 0 Å². The molecule has 2 N–H and O–H groups in total. The molecule has 7 rings (SSSR count). The van der Waals surface area contributed by atoms with Crippen LogP contribution in [-0.2, 0) is 10.8 Å². The first kappa shape index (κ1) is 31.6. The number of aromatic nitrogens is 14. The van der Waals surface area contributed by atoms with Crippen LogP contribution in [0.4, 0.5) is 28.7 Å². The Morgan fingerprint density at radius 2 is 1.26 bits per heavy atom. The van der Waals surface area contributed by atoms with Crippen molar-refractivity contribution in [2.24, 2.45) is 20.5 Å². The van der Waals surface area contributed by atoms with E-state index in [0.717, 1.165) is 0 Å². The van der Waals surface area contributed by atoms with Gasteiger partial charge in [0.2, 0.25) is 0 Å². The van der Waals surface area contributed by atoms with Gasteiger partial charge < -0.3 is 0 Å². The SMILES string of the molecule is [C-]#[N+]c1cnn(-c2cc(-n3ncc(C#N)c3/N=N/c3c(C(C)(C)C)nn4c(C)n[nH]c34)ncn2)c1/N=N/c1c(C(C)(C)C)nn2c(C)n[nH]c12. The summed E-state index contributed by atoms with van der Waals surface area (Å²) in [4.78, 5) is 12.4. The zero-order chi connectivity index (χ0) is 35.5. The second kappa shape index (κ2) is 11.3. The first-order valence-corrected chi connectivity index (χ1v) is 15.3. The van der Waals surface area contributed by atoms with Gasteiger partial charge in [-0.25, -0.2) is 19.5 Å². The second-order valence-corrected chi connectivity index (χ2v) is 13.4. The molecule has 50 heavy (non-hydrogen) atoms. The molecule has 20 heteroatoms. The molecule has 0 radical (unpaired) electrons. The van der Waals surface area contributed by atoms with Crippen molar-refractivity contribution in [3.05, 3.63) is 64.8 Å². The number of nitrogens with zero attached hydrogens (tertiary/aromatic N) is 18. The molecule has 250 valence electrons. The van der Waals surface area contributed by atoms with Gasteiger partial charge in [0.15, 0.2) is 45.9 Å². The summed E-state index contributed by atoms with van der Waals surface area (Å²) < 4.78 is 6.07. The molecule has 7 aromatic rings. The molecular weight excluding hydrogens is 640 g/mol. The fourth-order valence-corrected chi connectivity index (χ4v) is 5.17. The van der Waals surface area contributed by atoms with Gasteiger partial charge in [-0.15, -0.1) is 20.5 Å². The van der Waals surface area contributed by atoms with E-state index in [1.807, 2.05) is 55.4 Å². The number of nitriles is 1. The maximum absolute atomic E-state index is 9.92. The van der Waals surface area contributed by atoms with Crippen LogP contribution in [0.15, 0.2) is 45.2 Å². The Bertz CT molecular complexity index is 2390. The van der Waals surface area contributed by atoms with E-state index in [1.165, 1.54) is 28.1 Å². The lowest BCUT2D eigenvalue weighted by atomic mass is 9.91. The van der Waals surface area contributed by atoms with Crippen LogP contribution in [0.1, 0.15) is 70.1 Å². The van der Waals surface area contributed by atoms with Crippen LogP contribution in [-0.4, -0.2) is 69.2 Å². The molecule has 0 spiro atoms.